The van der Waals surface area contributed by atoms with Crippen molar-refractivity contribution in [2.45, 2.75) is 6.61 Å². The lowest BCUT2D eigenvalue weighted by Gasteiger charge is -2.07. The third-order valence-electron chi connectivity index (χ3n) is 2.86. The number of fused-ring (bicyclic) bond motifs is 1. The van der Waals surface area contributed by atoms with Gasteiger partial charge in [0.05, 0.1) is 0 Å². The fourth-order valence-corrected chi connectivity index (χ4v) is 1.93. The molecule has 2 aromatic carbocycles. The molecule has 3 rings (SSSR count). The maximum absolute atomic E-state index is 5.79. The van der Waals surface area contributed by atoms with E-state index in [1.807, 2.05) is 54.6 Å². The molecule has 88 valence electrons. The average molecular weight is 235 g/mol. The van der Waals surface area contributed by atoms with Crippen molar-refractivity contribution in [2.75, 3.05) is 0 Å². The minimum atomic E-state index is 0.543. The van der Waals surface area contributed by atoms with Crippen molar-refractivity contribution in [1.29, 1.82) is 0 Å². The summed E-state index contributed by atoms with van der Waals surface area (Å²) < 4.78 is 5.79. The molecule has 1 aromatic heterocycles. The smallest absolute Gasteiger partial charge is 0.221 e. The van der Waals surface area contributed by atoms with Crippen LogP contribution in [0.15, 0.2) is 66.9 Å². The predicted octanol–water partition coefficient (Wildman–Crippen LogP) is 3.81. The van der Waals surface area contributed by atoms with E-state index < -0.39 is 0 Å². The third kappa shape index (κ3) is 2.18. The lowest BCUT2D eigenvalue weighted by atomic mass is 10.2. The maximum Gasteiger partial charge on any atom is 0.221 e. The van der Waals surface area contributed by atoms with Crippen LogP contribution in [0.2, 0.25) is 0 Å². The Labute approximate surface area is 106 Å². The van der Waals surface area contributed by atoms with Crippen molar-refractivity contribution in [3.63, 3.8) is 0 Å². The van der Waals surface area contributed by atoms with Crippen LogP contribution in [-0.4, -0.2) is 4.98 Å². The molecule has 0 radical (unpaired) electrons. The predicted molar refractivity (Wildman–Crippen MR) is 72.5 cm³/mol. The Bertz CT molecular complexity index is 644. The summed E-state index contributed by atoms with van der Waals surface area (Å²) in [6.07, 6.45) is 1.78. The van der Waals surface area contributed by atoms with Crippen LogP contribution in [0.4, 0.5) is 0 Å². The van der Waals surface area contributed by atoms with Gasteiger partial charge in [0, 0.05) is 11.6 Å². The molecule has 0 unspecified atom stereocenters. The third-order valence-corrected chi connectivity index (χ3v) is 2.86. The number of rotatable bonds is 3. The molecule has 0 saturated heterocycles. The van der Waals surface area contributed by atoms with E-state index in [2.05, 4.69) is 11.1 Å². The number of hydrogen-bond acceptors (Lipinski definition) is 2. The molecule has 0 amide bonds. The van der Waals surface area contributed by atoms with E-state index in [0.717, 1.165) is 16.3 Å². The summed E-state index contributed by atoms with van der Waals surface area (Å²) in [4.78, 5) is 4.30. The summed E-state index contributed by atoms with van der Waals surface area (Å²) in [6, 6.07) is 20.2. The molecule has 0 spiro atoms. The molecule has 0 aliphatic heterocycles. The summed E-state index contributed by atoms with van der Waals surface area (Å²) >= 11 is 0. The highest BCUT2D eigenvalue weighted by Crippen LogP contribution is 2.23. The van der Waals surface area contributed by atoms with E-state index in [0.29, 0.717) is 12.5 Å². The van der Waals surface area contributed by atoms with E-state index in [-0.39, 0.29) is 0 Å². The topological polar surface area (TPSA) is 22.1 Å². The average Bonchev–Trinajstić information content (AvgIpc) is 2.46. The van der Waals surface area contributed by atoms with Crippen molar-refractivity contribution < 1.29 is 4.74 Å². The molecule has 0 bridgehead atoms. The number of aromatic nitrogens is 1. The molecule has 2 heteroatoms. The zero-order valence-corrected chi connectivity index (χ0v) is 9.91. The first-order valence-electron chi connectivity index (χ1n) is 5.94. The van der Waals surface area contributed by atoms with E-state index in [9.17, 15) is 0 Å². The van der Waals surface area contributed by atoms with E-state index in [1.165, 1.54) is 0 Å². The minimum absolute atomic E-state index is 0.543. The molecule has 2 nitrogen and oxygen atoms in total. The monoisotopic (exact) mass is 235 g/mol. The quantitative estimate of drug-likeness (QED) is 0.688. The van der Waals surface area contributed by atoms with Crippen LogP contribution in [0.3, 0.4) is 0 Å². The molecular weight excluding hydrogens is 222 g/mol. The van der Waals surface area contributed by atoms with Crippen molar-refractivity contribution >= 4 is 10.8 Å². The van der Waals surface area contributed by atoms with Crippen LogP contribution in [-0.2, 0) is 6.61 Å². The zero-order valence-electron chi connectivity index (χ0n) is 9.91. The van der Waals surface area contributed by atoms with Gasteiger partial charge in [-0.15, -0.1) is 0 Å². The van der Waals surface area contributed by atoms with Crippen LogP contribution >= 0.6 is 0 Å². The minimum Gasteiger partial charge on any atom is -0.472 e. The zero-order chi connectivity index (χ0) is 12.2. The number of benzene rings is 2. The summed E-state index contributed by atoms with van der Waals surface area (Å²) in [5.41, 5.74) is 1.15. The summed E-state index contributed by atoms with van der Waals surface area (Å²) in [6.45, 7) is 0.543. The van der Waals surface area contributed by atoms with Gasteiger partial charge in [-0.2, -0.15) is 0 Å². The van der Waals surface area contributed by atoms with E-state index in [1.54, 1.807) is 6.20 Å². The Morgan fingerprint density at radius 3 is 2.50 bits per heavy atom. The second-order valence-corrected chi connectivity index (χ2v) is 4.11. The fourth-order valence-electron chi connectivity index (χ4n) is 1.93. The van der Waals surface area contributed by atoms with Gasteiger partial charge in [-0.25, -0.2) is 4.98 Å². The number of ether oxygens (including phenoxy) is 1. The van der Waals surface area contributed by atoms with Gasteiger partial charge in [-0.05, 0) is 23.1 Å². The molecule has 0 fully saturated rings. The highest BCUT2D eigenvalue weighted by molar-refractivity contribution is 5.86. The molecule has 0 aliphatic carbocycles. The Morgan fingerprint density at radius 2 is 1.61 bits per heavy atom. The van der Waals surface area contributed by atoms with Crippen LogP contribution < -0.4 is 4.74 Å². The molecule has 18 heavy (non-hydrogen) atoms. The molecular formula is C16H13NO. The fraction of sp³-hybridized carbons (Fsp3) is 0.0625. The largest absolute Gasteiger partial charge is 0.472 e. The van der Waals surface area contributed by atoms with Crippen molar-refractivity contribution in [1.82, 2.24) is 4.98 Å². The van der Waals surface area contributed by atoms with Gasteiger partial charge in [0.1, 0.15) is 6.61 Å². The maximum atomic E-state index is 5.79. The van der Waals surface area contributed by atoms with Crippen LogP contribution in [0, 0.1) is 0 Å². The van der Waals surface area contributed by atoms with Gasteiger partial charge < -0.3 is 4.74 Å². The number of pyridine rings is 1. The van der Waals surface area contributed by atoms with Crippen molar-refractivity contribution in [2.24, 2.45) is 0 Å². The Hall–Kier alpha value is -2.35. The van der Waals surface area contributed by atoms with Gasteiger partial charge in [0.2, 0.25) is 5.88 Å². The van der Waals surface area contributed by atoms with Crippen LogP contribution in [0.25, 0.3) is 10.8 Å². The van der Waals surface area contributed by atoms with E-state index >= 15 is 0 Å². The first-order valence-corrected chi connectivity index (χ1v) is 5.94. The SMILES string of the molecule is c1ccc(COc2nccc3ccccc23)cc1. The van der Waals surface area contributed by atoms with Gasteiger partial charge in [-0.1, -0.05) is 48.5 Å². The van der Waals surface area contributed by atoms with Gasteiger partial charge in [0.15, 0.2) is 0 Å². The highest BCUT2D eigenvalue weighted by atomic mass is 16.5. The number of hydrogen-bond donors (Lipinski definition) is 0. The van der Waals surface area contributed by atoms with Crippen LogP contribution in [0.5, 0.6) is 5.88 Å². The summed E-state index contributed by atoms with van der Waals surface area (Å²) in [5.74, 6) is 0.692. The first kappa shape index (κ1) is 10.8. The lowest BCUT2D eigenvalue weighted by molar-refractivity contribution is 0.298. The van der Waals surface area contributed by atoms with Gasteiger partial charge >= 0.3 is 0 Å². The lowest BCUT2D eigenvalue weighted by Crippen LogP contribution is -1.97. The standard InChI is InChI=1S/C16H13NO/c1-2-6-13(7-3-1)12-18-16-15-9-5-4-8-14(15)10-11-17-16/h1-11H,12H2. The highest BCUT2D eigenvalue weighted by Gasteiger charge is 2.02. The Kier molecular flexibility index (Phi) is 2.92. The second-order valence-electron chi connectivity index (χ2n) is 4.11. The van der Waals surface area contributed by atoms with Crippen molar-refractivity contribution in [3.05, 3.63) is 72.4 Å². The summed E-state index contributed by atoms with van der Waals surface area (Å²) in [7, 11) is 0. The van der Waals surface area contributed by atoms with Gasteiger partial charge in [-0.3, -0.25) is 0 Å². The van der Waals surface area contributed by atoms with Crippen molar-refractivity contribution in [3.8, 4) is 5.88 Å². The molecule has 0 N–H and O–H groups in total. The Morgan fingerprint density at radius 1 is 0.833 bits per heavy atom. The van der Waals surface area contributed by atoms with Crippen LogP contribution in [0.1, 0.15) is 5.56 Å². The second kappa shape index (κ2) is 4.88. The summed E-state index contributed by atoms with van der Waals surface area (Å²) in [5, 5.41) is 2.20. The molecule has 1 heterocycles. The molecule has 0 saturated carbocycles. The molecule has 0 aliphatic rings. The molecule has 3 aromatic rings. The normalized spacial score (nSPS) is 10.4. The Balaban J connectivity index is 1.87. The number of nitrogens with zero attached hydrogens (tertiary/aromatic N) is 1. The van der Waals surface area contributed by atoms with Gasteiger partial charge in [0.25, 0.3) is 0 Å². The molecule has 0 atom stereocenters. The van der Waals surface area contributed by atoms with E-state index in [4.69, 9.17) is 4.74 Å². The first-order chi connectivity index (χ1) is 8.93.